The summed E-state index contributed by atoms with van der Waals surface area (Å²) in [5, 5.41) is 10.1. The van der Waals surface area contributed by atoms with Crippen LogP contribution >= 0.6 is 23.2 Å². The second-order valence-corrected chi connectivity index (χ2v) is 4.68. The van der Waals surface area contributed by atoms with Gasteiger partial charge in [-0.2, -0.15) is 0 Å². The van der Waals surface area contributed by atoms with Crippen LogP contribution in [-0.4, -0.2) is 18.3 Å². The highest BCUT2D eigenvalue weighted by Crippen LogP contribution is 2.31. The third-order valence-corrected chi connectivity index (χ3v) is 3.47. The Morgan fingerprint density at radius 1 is 1.33 bits per heavy atom. The van der Waals surface area contributed by atoms with Crippen molar-refractivity contribution < 1.29 is 5.11 Å². The predicted molar refractivity (Wildman–Crippen MR) is 64.6 cm³/mol. The second-order valence-electron chi connectivity index (χ2n) is 3.87. The van der Waals surface area contributed by atoms with Crippen molar-refractivity contribution >= 4 is 23.2 Å². The highest BCUT2D eigenvalue weighted by atomic mass is 35.5. The van der Waals surface area contributed by atoms with E-state index in [-0.39, 0.29) is 12.0 Å². The molecule has 0 unspecified atom stereocenters. The zero-order valence-corrected chi connectivity index (χ0v) is 10.1. The number of benzene rings is 1. The van der Waals surface area contributed by atoms with Crippen LogP contribution in [0, 0.1) is 0 Å². The van der Waals surface area contributed by atoms with Gasteiger partial charge in [0.05, 0.1) is 10.0 Å². The molecule has 0 aliphatic rings. The standard InChI is InChI=1S/C11H15Cl2NO/c1-11(7-14,4-5-15)8-2-3-9(12)10(13)6-8/h2-3,6,15H,4-5,7,14H2,1H3/t11-/m0/s1. The molecule has 0 aromatic heterocycles. The van der Waals surface area contributed by atoms with E-state index >= 15 is 0 Å². The summed E-state index contributed by atoms with van der Waals surface area (Å²) in [5.74, 6) is 0. The topological polar surface area (TPSA) is 46.2 Å². The molecule has 1 rings (SSSR count). The molecule has 0 saturated carbocycles. The monoisotopic (exact) mass is 247 g/mol. The fraction of sp³-hybridized carbons (Fsp3) is 0.455. The van der Waals surface area contributed by atoms with Crippen LogP contribution < -0.4 is 5.73 Å². The van der Waals surface area contributed by atoms with Crippen LogP contribution in [0.1, 0.15) is 18.9 Å². The van der Waals surface area contributed by atoms with Crippen LogP contribution in [0.5, 0.6) is 0 Å². The van der Waals surface area contributed by atoms with Gasteiger partial charge in [-0.05, 0) is 24.1 Å². The van der Waals surface area contributed by atoms with Crippen molar-refractivity contribution in [2.75, 3.05) is 13.2 Å². The molecule has 3 N–H and O–H groups in total. The quantitative estimate of drug-likeness (QED) is 0.860. The summed E-state index contributed by atoms with van der Waals surface area (Å²) in [7, 11) is 0. The van der Waals surface area contributed by atoms with Crippen molar-refractivity contribution in [3.63, 3.8) is 0 Å². The van der Waals surface area contributed by atoms with Crippen LogP contribution in [0.3, 0.4) is 0 Å². The predicted octanol–water partition coefficient (Wildman–Crippen LogP) is 2.59. The van der Waals surface area contributed by atoms with Crippen LogP contribution in [0.15, 0.2) is 18.2 Å². The van der Waals surface area contributed by atoms with E-state index in [9.17, 15) is 0 Å². The molecule has 0 spiro atoms. The highest BCUT2D eigenvalue weighted by molar-refractivity contribution is 6.42. The maximum Gasteiger partial charge on any atom is 0.0595 e. The van der Waals surface area contributed by atoms with Gasteiger partial charge in [-0.3, -0.25) is 0 Å². The molecule has 15 heavy (non-hydrogen) atoms. The maximum atomic E-state index is 9.00. The fourth-order valence-electron chi connectivity index (χ4n) is 1.48. The summed E-state index contributed by atoms with van der Waals surface area (Å²) in [4.78, 5) is 0. The zero-order chi connectivity index (χ0) is 11.5. The van der Waals surface area contributed by atoms with Crippen molar-refractivity contribution in [3.8, 4) is 0 Å². The molecule has 1 atom stereocenters. The minimum absolute atomic E-state index is 0.105. The maximum absolute atomic E-state index is 9.00. The molecule has 0 fully saturated rings. The van der Waals surface area contributed by atoms with Crippen LogP contribution in [0.2, 0.25) is 10.0 Å². The third kappa shape index (κ3) is 2.85. The van der Waals surface area contributed by atoms with E-state index in [1.807, 2.05) is 19.1 Å². The molecule has 0 bridgehead atoms. The first kappa shape index (κ1) is 12.8. The first-order chi connectivity index (χ1) is 7.03. The van der Waals surface area contributed by atoms with Crippen molar-refractivity contribution in [1.82, 2.24) is 0 Å². The van der Waals surface area contributed by atoms with Gasteiger partial charge in [-0.15, -0.1) is 0 Å². The molecule has 0 amide bonds. The number of rotatable bonds is 4. The number of halogens is 2. The van der Waals surface area contributed by atoms with E-state index in [4.69, 9.17) is 34.0 Å². The molecule has 0 radical (unpaired) electrons. The average molecular weight is 248 g/mol. The van der Waals surface area contributed by atoms with Crippen LogP contribution in [0.4, 0.5) is 0 Å². The van der Waals surface area contributed by atoms with E-state index < -0.39 is 0 Å². The van der Waals surface area contributed by atoms with Crippen molar-refractivity contribution in [2.24, 2.45) is 5.73 Å². The lowest BCUT2D eigenvalue weighted by Crippen LogP contribution is -2.32. The SMILES string of the molecule is C[C@@](CN)(CCO)c1ccc(Cl)c(Cl)c1. The van der Waals surface area contributed by atoms with Gasteiger partial charge < -0.3 is 10.8 Å². The Morgan fingerprint density at radius 2 is 2.00 bits per heavy atom. The van der Waals surface area contributed by atoms with Crippen LogP contribution in [0.25, 0.3) is 0 Å². The van der Waals surface area contributed by atoms with Crippen LogP contribution in [-0.2, 0) is 5.41 Å². The summed E-state index contributed by atoms with van der Waals surface area (Å²) >= 11 is 11.8. The minimum Gasteiger partial charge on any atom is -0.396 e. The minimum atomic E-state index is -0.247. The lowest BCUT2D eigenvalue weighted by atomic mass is 9.80. The van der Waals surface area contributed by atoms with Gasteiger partial charge >= 0.3 is 0 Å². The van der Waals surface area contributed by atoms with E-state index in [0.29, 0.717) is 23.0 Å². The Morgan fingerprint density at radius 3 is 2.47 bits per heavy atom. The van der Waals surface area contributed by atoms with Crippen molar-refractivity contribution in [3.05, 3.63) is 33.8 Å². The summed E-state index contributed by atoms with van der Waals surface area (Å²) in [6, 6.07) is 5.47. The number of aliphatic hydroxyl groups excluding tert-OH is 1. The summed E-state index contributed by atoms with van der Waals surface area (Å²) in [6.45, 7) is 2.57. The van der Waals surface area contributed by atoms with Crippen molar-refractivity contribution in [1.29, 1.82) is 0 Å². The molecule has 0 saturated heterocycles. The summed E-state index contributed by atoms with van der Waals surface area (Å²) in [5.41, 5.74) is 6.49. The first-order valence-electron chi connectivity index (χ1n) is 4.80. The molecule has 0 aliphatic carbocycles. The van der Waals surface area contributed by atoms with E-state index in [2.05, 4.69) is 0 Å². The normalized spacial score (nSPS) is 15.0. The van der Waals surface area contributed by atoms with Crippen molar-refractivity contribution in [2.45, 2.75) is 18.8 Å². The van der Waals surface area contributed by atoms with E-state index in [0.717, 1.165) is 5.56 Å². The Kier molecular flexibility index (Phi) is 4.41. The van der Waals surface area contributed by atoms with E-state index in [1.165, 1.54) is 0 Å². The number of hydrogen-bond donors (Lipinski definition) is 2. The lowest BCUT2D eigenvalue weighted by Gasteiger charge is -2.28. The average Bonchev–Trinajstić information content (AvgIpc) is 2.22. The van der Waals surface area contributed by atoms with Gasteiger partial charge in [0.15, 0.2) is 0 Å². The molecule has 0 heterocycles. The number of hydrogen-bond acceptors (Lipinski definition) is 2. The molecule has 1 aromatic rings. The second kappa shape index (κ2) is 5.17. The first-order valence-corrected chi connectivity index (χ1v) is 5.55. The molecule has 1 aromatic carbocycles. The Bertz CT molecular complexity index is 343. The Labute approximate surface area is 100.0 Å². The Hall–Kier alpha value is -0.280. The van der Waals surface area contributed by atoms with Gasteiger partial charge in [0.2, 0.25) is 0 Å². The smallest absolute Gasteiger partial charge is 0.0595 e. The van der Waals surface area contributed by atoms with E-state index in [1.54, 1.807) is 6.07 Å². The lowest BCUT2D eigenvalue weighted by molar-refractivity contribution is 0.247. The zero-order valence-electron chi connectivity index (χ0n) is 8.63. The molecular weight excluding hydrogens is 233 g/mol. The number of nitrogens with two attached hydrogens (primary N) is 1. The Balaban J connectivity index is 3.07. The van der Waals surface area contributed by atoms with Gasteiger partial charge in [0, 0.05) is 18.6 Å². The fourth-order valence-corrected chi connectivity index (χ4v) is 1.78. The highest BCUT2D eigenvalue weighted by Gasteiger charge is 2.24. The number of aliphatic hydroxyl groups is 1. The molecule has 4 heteroatoms. The van der Waals surface area contributed by atoms with Gasteiger partial charge in [0.25, 0.3) is 0 Å². The molecule has 0 aliphatic heterocycles. The van der Waals surface area contributed by atoms with Gasteiger partial charge in [0.1, 0.15) is 0 Å². The molecule has 2 nitrogen and oxygen atoms in total. The van der Waals surface area contributed by atoms with Gasteiger partial charge in [-0.25, -0.2) is 0 Å². The van der Waals surface area contributed by atoms with Gasteiger partial charge in [-0.1, -0.05) is 36.2 Å². The molecule has 84 valence electrons. The third-order valence-electron chi connectivity index (χ3n) is 2.73. The summed E-state index contributed by atoms with van der Waals surface area (Å²) < 4.78 is 0. The largest absolute Gasteiger partial charge is 0.396 e. The molecular formula is C11H15Cl2NO. The summed E-state index contributed by atoms with van der Waals surface area (Å²) in [6.07, 6.45) is 0.613.